The molecule has 2 N–H and O–H groups in total. The second-order valence-electron chi connectivity index (χ2n) is 5.77. The second-order valence-corrected chi connectivity index (χ2v) is 5.77. The third-order valence-electron chi connectivity index (χ3n) is 4.66. The molecule has 0 unspecified atom stereocenters. The van der Waals surface area contributed by atoms with Crippen molar-refractivity contribution in [2.24, 2.45) is 0 Å². The predicted octanol–water partition coefficient (Wildman–Crippen LogP) is 1.86. The zero-order valence-corrected chi connectivity index (χ0v) is 11.4. The molecule has 0 spiro atoms. The first-order chi connectivity index (χ1) is 9.79. The van der Waals surface area contributed by atoms with E-state index < -0.39 is 0 Å². The molecular formula is C15H18N4O. The van der Waals surface area contributed by atoms with Crippen molar-refractivity contribution < 1.29 is 0 Å². The first-order valence-corrected chi connectivity index (χ1v) is 7.30. The first kappa shape index (κ1) is 11.8. The number of nitrogens with one attached hydrogen (secondary N) is 2. The van der Waals surface area contributed by atoms with E-state index in [-0.39, 0.29) is 11.0 Å². The molecule has 0 bridgehead atoms. The lowest BCUT2D eigenvalue weighted by atomic mass is 9.63. The largest absolute Gasteiger partial charge is 0.370 e. The first-order valence-electron chi connectivity index (χ1n) is 7.30. The van der Waals surface area contributed by atoms with Crippen LogP contribution in [0.25, 0.3) is 0 Å². The van der Waals surface area contributed by atoms with Gasteiger partial charge >= 0.3 is 0 Å². The summed E-state index contributed by atoms with van der Waals surface area (Å²) in [4.78, 5) is 15.0. The van der Waals surface area contributed by atoms with Crippen LogP contribution in [-0.4, -0.2) is 21.3 Å². The van der Waals surface area contributed by atoms with E-state index in [4.69, 9.17) is 5.10 Å². The van der Waals surface area contributed by atoms with Crippen LogP contribution in [0.4, 0.5) is 5.82 Å². The Morgan fingerprint density at radius 1 is 1.30 bits per heavy atom. The number of rotatable bonds is 2. The number of aromatic nitrogens is 3. The fraction of sp³-hybridized carbons (Fsp3) is 0.467. The molecule has 0 saturated heterocycles. The maximum Gasteiger partial charge on any atom is 0.252 e. The van der Waals surface area contributed by atoms with Crippen molar-refractivity contribution in [2.75, 3.05) is 11.9 Å². The fourth-order valence-electron chi connectivity index (χ4n) is 3.40. The molecule has 1 aliphatic heterocycles. The number of H-pyrrole nitrogens is 1. The molecule has 1 aliphatic carbocycles. The summed E-state index contributed by atoms with van der Waals surface area (Å²) >= 11 is 0. The van der Waals surface area contributed by atoms with Gasteiger partial charge in [-0.15, -0.1) is 0 Å². The standard InChI is InChI=1S/C15H18N4O/c20-14-11(4-1-7-17-14)15(5-2-6-15)12-10-13-16-8-3-9-19(13)18-12/h1,4,7,10,16H,2-3,5-6,8-9H2,(H,17,20). The van der Waals surface area contributed by atoms with Gasteiger partial charge in [-0.1, -0.05) is 12.5 Å². The number of pyridine rings is 1. The summed E-state index contributed by atoms with van der Waals surface area (Å²) in [5.74, 6) is 1.09. The van der Waals surface area contributed by atoms with E-state index in [0.717, 1.165) is 55.8 Å². The lowest BCUT2D eigenvalue weighted by Gasteiger charge is -2.40. The molecule has 0 atom stereocenters. The number of anilines is 1. The third-order valence-corrected chi connectivity index (χ3v) is 4.66. The molecule has 2 aromatic rings. The second kappa shape index (κ2) is 4.23. The molecule has 2 aliphatic rings. The number of fused-ring (bicyclic) bond motifs is 1. The van der Waals surface area contributed by atoms with E-state index in [0.29, 0.717) is 0 Å². The van der Waals surface area contributed by atoms with Gasteiger partial charge < -0.3 is 10.3 Å². The van der Waals surface area contributed by atoms with Crippen LogP contribution in [0.15, 0.2) is 29.2 Å². The molecule has 1 saturated carbocycles. The van der Waals surface area contributed by atoms with Crippen LogP contribution in [0.2, 0.25) is 0 Å². The van der Waals surface area contributed by atoms with E-state index in [1.165, 1.54) is 0 Å². The van der Waals surface area contributed by atoms with Gasteiger partial charge in [-0.3, -0.25) is 4.79 Å². The van der Waals surface area contributed by atoms with Gasteiger partial charge in [0.2, 0.25) is 0 Å². The normalized spacial score (nSPS) is 19.8. The Balaban J connectivity index is 1.84. The average molecular weight is 270 g/mol. The molecule has 0 amide bonds. The van der Waals surface area contributed by atoms with Gasteiger partial charge in [0.1, 0.15) is 5.82 Å². The highest BCUT2D eigenvalue weighted by Crippen LogP contribution is 2.47. The Morgan fingerprint density at radius 2 is 2.20 bits per heavy atom. The molecule has 5 heteroatoms. The summed E-state index contributed by atoms with van der Waals surface area (Å²) in [7, 11) is 0. The van der Waals surface area contributed by atoms with Crippen molar-refractivity contribution in [3.05, 3.63) is 46.0 Å². The highest BCUT2D eigenvalue weighted by molar-refractivity contribution is 5.45. The van der Waals surface area contributed by atoms with Gasteiger partial charge in [0.05, 0.1) is 5.69 Å². The maximum absolute atomic E-state index is 12.2. The van der Waals surface area contributed by atoms with Crippen molar-refractivity contribution in [1.82, 2.24) is 14.8 Å². The summed E-state index contributed by atoms with van der Waals surface area (Å²) < 4.78 is 2.04. The van der Waals surface area contributed by atoms with Gasteiger partial charge in [-0.05, 0) is 25.3 Å². The predicted molar refractivity (Wildman–Crippen MR) is 77.0 cm³/mol. The van der Waals surface area contributed by atoms with Gasteiger partial charge in [-0.2, -0.15) is 5.10 Å². The summed E-state index contributed by atoms with van der Waals surface area (Å²) in [6.07, 6.45) is 5.97. The zero-order chi connectivity index (χ0) is 13.6. The molecule has 0 radical (unpaired) electrons. The Labute approximate surface area is 117 Å². The lowest BCUT2D eigenvalue weighted by Crippen LogP contribution is -2.40. The van der Waals surface area contributed by atoms with Gasteiger partial charge in [0, 0.05) is 36.3 Å². The SMILES string of the molecule is O=c1[nH]cccc1C1(c2cc3n(n2)CCCN3)CCC1. The molecule has 104 valence electrons. The van der Waals surface area contributed by atoms with E-state index >= 15 is 0 Å². The minimum Gasteiger partial charge on any atom is -0.370 e. The number of aryl methyl sites for hydroxylation is 1. The Kier molecular flexibility index (Phi) is 2.49. The highest BCUT2D eigenvalue weighted by atomic mass is 16.1. The van der Waals surface area contributed by atoms with Crippen LogP contribution >= 0.6 is 0 Å². The lowest BCUT2D eigenvalue weighted by molar-refractivity contribution is 0.288. The van der Waals surface area contributed by atoms with E-state index in [2.05, 4.69) is 16.4 Å². The van der Waals surface area contributed by atoms with Gasteiger partial charge in [0.15, 0.2) is 0 Å². The molecule has 4 rings (SSSR count). The van der Waals surface area contributed by atoms with Crippen LogP contribution in [0.1, 0.15) is 36.9 Å². The highest BCUT2D eigenvalue weighted by Gasteiger charge is 2.44. The molecular weight excluding hydrogens is 252 g/mol. The van der Waals surface area contributed by atoms with Gasteiger partial charge in [-0.25, -0.2) is 4.68 Å². The number of hydrogen-bond donors (Lipinski definition) is 2. The zero-order valence-electron chi connectivity index (χ0n) is 11.4. The Bertz CT molecular complexity index is 672. The van der Waals surface area contributed by atoms with Crippen LogP contribution in [0, 0.1) is 0 Å². The third kappa shape index (κ3) is 1.55. The van der Waals surface area contributed by atoms with Crippen molar-refractivity contribution in [3.8, 4) is 0 Å². The van der Waals surface area contributed by atoms with E-state index in [9.17, 15) is 4.79 Å². The van der Waals surface area contributed by atoms with Crippen molar-refractivity contribution in [2.45, 2.75) is 37.6 Å². The van der Waals surface area contributed by atoms with Gasteiger partial charge in [0.25, 0.3) is 5.56 Å². The van der Waals surface area contributed by atoms with E-state index in [1.54, 1.807) is 6.20 Å². The fourth-order valence-corrected chi connectivity index (χ4v) is 3.40. The average Bonchev–Trinajstić information content (AvgIpc) is 2.83. The van der Waals surface area contributed by atoms with Crippen LogP contribution < -0.4 is 10.9 Å². The topological polar surface area (TPSA) is 62.7 Å². The smallest absolute Gasteiger partial charge is 0.252 e. The van der Waals surface area contributed by atoms with Crippen LogP contribution in [0.3, 0.4) is 0 Å². The molecule has 20 heavy (non-hydrogen) atoms. The number of nitrogens with zero attached hydrogens (tertiary/aromatic N) is 2. The van der Waals surface area contributed by atoms with Crippen LogP contribution in [-0.2, 0) is 12.0 Å². The molecule has 5 nitrogen and oxygen atoms in total. The number of hydrogen-bond acceptors (Lipinski definition) is 3. The Hall–Kier alpha value is -2.04. The molecule has 1 fully saturated rings. The van der Waals surface area contributed by atoms with Crippen LogP contribution in [0.5, 0.6) is 0 Å². The van der Waals surface area contributed by atoms with Crippen molar-refractivity contribution in [1.29, 1.82) is 0 Å². The number of aromatic amines is 1. The minimum absolute atomic E-state index is 0.0196. The summed E-state index contributed by atoms with van der Waals surface area (Å²) in [5, 5.41) is 8.15. The van der Waals surface area contributed by atoms with Crippen molar-refractivity contribution in [3.63, 3.8) is 0 Å². The minimum atomic E-state index is -0.180. The summed E-state index contributed by atoms with van der Waals surface area (Å²) in [6, 6.07) is 5.99. The molecule has 0 aromatic carbocycles. The maximum atomic E-state index is 12.2. The van der Waals surface area contributed by atoms with E-state index in [1.807, 2.05) is 16.8 Å². The van der Waals surface area contributed by atoms with Crippen molar-refractivity contribution >= 4 is 5.82 Å². The monoisotopic (exact) mass is 270 g/mol. The Morgan fingerprint density at radius 3 is 2.90 bits per heavy atom. The molecule has 3 heterocycles. The quantitative estimate of drug-likeness (QED) is 0.875. The molecule has 2 aromatic heterocycles. The summed E-state index contributed by atoms with van der Waals surface area (Å²) in [6.45, 7) is 1.97. The summed E-state index contributed by atoms with van der Waals surface area (Å²) in [5.41, 5.74) is 1.75.